The van der Waals surface area contributed by atoms with Gasteiger partial charge in [0.2, 0.25) is 18.0 Å². The zero-order valence-electron chi connectivity index (χ0n) is 19.3. The van der Waals surface area contributed by atoms with Crippen LogP contribution in [0.4, 0.5) is 9.18 Å². The average molecular weight is 484 g/mol. The summed E-state index contributed by atoms with van der Waals surface area (Å²) >= 11 is 6.41. The second kappa shape index (κ2) is 11.3. The number of benzene rings is 1. The first-order chi connectivity index (χ1) is 15.6. The molecule has 180 valence electrons. The average Bonchev–Trinajstić information content (AvgIpc) is 2.82. The number of carbonyl (C=O) groups is 4. The molecular formula is C22H29ClFN4O5+. The van der Waals surface area contributed by atoms with Crippen LogP contribution in [-0.2, 0) is 19.1 Å². The number of urea groups is 1. The van der Waals surface area contributed by atoms with Crippen LogP contribution in [0.2, 0.25) is 5.02 Å². The van der Waals surface area contributed by atoms with Gasteiger partial charge in [-0.1, -0.05) is 29.8 Å². The molecule has 1 N–H and O–H groups in total. The number of barbiturate groups is 1. The third-order valence-corrected chi connectivity index (χ3v) is 6.17. The second-order valence-corrected chi connectivity index (χ2v) is 8.01. The highest BCUT2D eigenvalue weighted by molar-refractivity contribution is 6.31. The van der Waals surface area contributed by atoms with E-state index in [4.69, 9.17) is 11.6 Å². The number of ether oxygens (including phenoxy) is 1. The number of nitrogens with one attached hydrogen (secondary N) is 1. The lowest BCUT2D eigenvalue weighted by molar-refractivity contribution is -0.926. The fourth-order valence-electron chi connectivity index (χ4n) is 3.85. The maximum atomic E-state index is 15.2. The van der Waals surface area contributed by atoms with Gasteiger partial charge in [0.15, 0.2) is 5.92 Å². The van der Waals surface area contributed by atoms with Crippen LogP contribution in [0.15, 0.2) is 29.3 Å². The number of esters is 1. The Bertz CT molecular complexity index is 928. The highest BCUT2D eigenvalue weighted by Crippen LogP contribution is 2.24. The summed E-state index contributed by atoms with van der Waals surface area (Å²) in [5, 5.41) is 0.498. The van der Waals surface area contributed by atoms with Crippen LogP contribution >= 0.6 is 11.6 Å². The Hall–Kier alpha value is -2.85. The maximum absolute atomic E-state index is 15.2. The van der Waals surface area contributed by atoms with Crippen LogP contribution in [0.1, 0.15) is 25.5 Å². The summed E-state index contributed by atoms with van der Waals surface area (Å²) in [4.78, 5) is 56.5. The van der Waals surface area contributed by atoms with Crippen molar-refractivity contribution >= 4 is 41.1 Å². The number of rotatable bonds is 9. The number of carbonyl (C=O) groups excluding carboxylic acids is 4. The molecule has 9 nitrogen and oxygen atoms in total. The maximum Gasteiger partial charge on any atom is 0.346 e. The first-order valence-corrected chi connectivity index (χ1v) is 10.9. The van der Waals surface area contributed by atoms with Gasteiger partial charge in [-0.25, -0.2) is 14.0 Å². The van der Waals surface area contributed by atoms with E-state index in [1.54, 1.807) is 12.1 Å². The molecule has 1 heterocycles. The van der Waals surface area contributed by atoms with E-state index in [0.717, 1.165) is 17.6 Å². The third-order valence-electron chi connectivity index (χ3n) is 5.83. The second-order valence-electron chi connectivity index (χ2n) is 7.60. The standard InChI is InChI=1S/C22H28ClFN4O5/c1-6-28(7-2)15(13-10-8-9-11-14(13)23)12-25-18(17(24)21(31)33-5)16-19(29)26(3)22(32)27(4)20(16)30/h8-11,15-17H,6-7,12H2,1-5H3/p+1. The number of hydrogen-bond donors (Lipinski definition) is 1. The Labute approximate surface area is 197 Å². The number of nitrogens with zero attached hydrogens (tertiary/aromatic N) is 3. The summed E-state index contributed by atoms with van der Waals surface area (Å²) in [5.74, 6) is -4.97. The van der Waals surface area contributed by atoms with E-state index >= 15 is 4.39 Å². The van der Waals surface area contributed by atoms with Gasteiger partial charge in [0.1, 0.15) is 6.04 Å². The van der Waals surface area contributed by atoms with Gasteiger partial charge in [-0.15, -0.1) is 0 Å². The van der Waals surface area contributed by atoms with Crippen molar-refractivity contribution < 1.29 is 33.2 Å². The minimum atomic E-state index is -2.46. The molecule has 0 radical (unpaired) electrons. The number of likely N-dealkylation sites (N-methyl/N-ethyl adjacent to an activating group) is 1. The lowest BCUT2D eigenvalue weighted by atomic mass is 9.94. The Morgan fingerprint density at radius 2 is 1.70 bits per heavy atom. The highest BCUT2D eigenvalue weighted by Gasteiger charge is 2.49. The van der Waals surface area contributed by atoms with Gasteiger partial charge >= 0.3 is 12.0 Å². The lowest BCUT2D eigenvalue weighted by Crippen LogP contribution is -3.12. The van der Waals surface area contributed by atoms with Crippen molar-refractivity contribution in [1.82, 2.24) is 9.80 Å². The molecule has 11 heteroatoms. The van der Waals surface area contributed by atoms with Crippen molar-refractivity contribution in [2.24, 2.45) is 10.9 Å². The SMILES string of the molecule is CC[NH+](CC)C(CN=C(C(F)C(=O)OC)C1C(=O)N(C)C(=O)N(C)C1=O)c1ccccc1Cl. The zero-order chi connectivity index (χ0) is 24.9. The molecule has 2 atom stereocenters. The quantitative estimate of drug-likeness (QED) is 0.320. The molecule has 0 spiro atoms. The molecule has 2 rings (SSSR count). The van der Waals surface area contributed by atoms with E-state index in [-0.39, 0.29) is 12.6 Å². The fraction of sp³-hybridized carbons (Fsp3) is 0.500. The Kier molecular flexibility index (Phi) is 9.07. The van der Waals surface area contributed by atoms with Gasteiger partial charge < -0.3 is 9.64 Å². The van der Waals surface area contributed by atoms with E-state index in [0.29, 0.717) is 27.9 Å². The molecule has 1 aromatic rings. The Morgan fingerprint density at radius 1 is 1.15 bits per heavy atom. The van der Waals surface area contributed by atoms with E-state index in [1.165, 1.54) is 14.1 Å². The largest absolute Gasteiger partial charge is 0.467 e. The molecule has 33 heavy (non-hydrogen) atoms. The highest BCUT2D eigenvalue weighted by atomic mass is 35.5. The minimum Gasteiger partial charge on any atom is -0.467 e. The summed E-state index contributed by atoms with van der Waals surface area (Å²) in [6.07, 6.45) is -2.46. The number of imide groups is 2. The fourth-order valence-corrected chi connectivity index (χ4v) is 4.11. The molecule has 0 bridgehead atoms. The molecule has 4 amide bonds. The first-order valence-electron chi connectivity index (χ1n) is 10.5. The summed E-state index contributed by atoms with van der Waals surface area (Å²) in [6.45, 7) is 5.31. The molecule has 0 aliphatic carbocycles. The molecule has 1 aliphatic rings. The summed E-state index contributed by atoms with van der Waals surface area (Å²) in [7, 11) is 3.35. The van der Waals surface area contributed by atoms with Crippen LogP contribution in [0.5, 0.6) is 0 Å². The van der Waals surface area contributed by atoms with Gasteiger partial charge in [0, 0.05) is 24.7 Å². The molecule has 0 aromatic heterocycles. The lowest BCUT2D eigenvalue weighted by Gasteiger charge is -2.34. The van der Waals surface area contributed by atoms with Gasteiger partial charge in [-0.2, -0.15) is 0 Å². The van der Waals surface area contributed by atoms with Gasteiger partial charge in [0.05, 0.1) is 32.5 Å². The number of alkyl halides is 1. The van der Waals surface area contributed by atoms with Gasteiger partial charge in [0.25, 0.3) is 0 Å². The number of halogens is 2. The smallest absolute Gasteiger partial charge is 0.346 e. The Balaban J connectivity index is 2.58. The van der Waals surface area contributed by atoms with Crippen molar-refractivity contribution in [3.63, 3.8) is 0 Å². The number of amides is 4. The molecule has 1 aromatic carbocycles. The summed E-state index contributed by atoms with van der Waals surface area (Å²) in [6, 6.07) is 5.98. The molecular weight excluding hydrogens is 455 g/mol. The van der Waals surface area contributed by atoms with Gasteiger partial charge in [-0.05, 0) is 19.9 Å². The zero-order valence-corrected chi connectivity index (χ0v) is 20.1. The van der Waals surface area contributed by atoms with Crippen molar-refractivity contribution in [3.05, 3.63) is 34.9 Å². The molecule has 1 fully saturated rings. The molecule has 2 unspecified atom stereocenters. The van der Waals surface area contributed by atoms with Crippen LogP contribution in [-0.4, -0.2) is 86.3 Å². The van der Waals surface area contributed by atoms with E-state index in [9.17, 15) is 19.2 Å². The van der Waals surface area contributed by atoms with Crippen molar-refractivity contribution in [2.75, 3.05) is 40.8 Å². The molecule has 0 saturated carbocycles. The molecule has 1 aliphatic heterocycles. The van der Waals surface area contributed by atoms with Crippen LogP contribution in [0.3, 0.4) is 0 Å². The van der Waals surface area contributed by atoms with Crippen LogP contribution < -0.4 is 4.90 Å². The number of quaternary nitrogens is 1. The summed E-state index contributed by atoms with van der Waals surface area (Å²) in [5.41, 5.74) is 0.173. The topological polar surface area (TPSA) is 101 Å². The number of methoxy groups -OCH3 is 1. The number of hydrogen-bond acceptors (Lipinski definition) is 6. The van der Waals surface area contributed by atoms with Gasteiger partial charge in [-0.3, -0.25) is 24.4 Å². The van der Waals surface area contributed by atoms with Crippen molar-refractivity contribution in [2.45, 2.75) is 26.1 Å². The first kappa shape index (κ1) is 26.4. The van der Waals surface area contributed by atoms with E-state index in [2.05, 4.69) is 9.73 Å². The number of aliphatic imine (C=N–C) groups is 1. The monoisotopic (exact) mass is 483 g/mol. The molecule has 1 saturated heterocycles. The predicted molar refractivity (Wildman–Crippen MR) is 120 cm³/mol. The Morgan fingerprint density at radius 3 is 2.18 bits per heavy atom. The minimum absolute atomic E-state index is 0.0497. The predicted octanol–water partition coefficient (Wildman–Crippen LogP) is 0.925. The van der Waals surface area contributed by atoms with Crippen LogP contribution in [0.25, 0.3) is 0 Å². The van der Waals surface area contributed by atoms with E-state index in [1.807, 2.05) is 26.0 Å². The van der Waals surface area contributed by atoms with Crippen molar-refractivity contribution in [1.29, 1.82) is 0 Å². The normalized spacial score (nSPS) is 17.6. The third kappa shape index (κ3) is 5.39. The van der Waals surface area contributed by atoms with Crippen LogP contribution in [0, 0.1) is 5.92 Å². The van der Waals surface area contributed by atoms with E-state index < -0.39 is 41.6 Å². The summed E-state index contributed by atoms with van der Waals surface area (Å²) < 4.78 is 19.7. The van der Waals surface area contributed by atoms with Crippen molar-refractivity contribution in [3.8, 4) is 0 Å².